The summed E-state index contributed by atoms with van der Waals surface area (Å²) in [6.07, 6.45) is 2.62. The second-order valence-corrected chi connectivity index (χ2v) is 1.97. The molecule has 0 saturated carbocycles. The van der Waals surface area contributed by atoms with Crippen LogP contribution in [0.1, 0.15) is 6.42 Å². The van der Waals surface area contributed by atoms with Gasteiger partial charge in [0.2, 0.25) is 5.85 Å². The van der Waals surface area contributed by atoms with E-state index >= 15 is 0 Å². The summed E-state index contributed by atoms with van der Waals surface area (Å²) in [4.78, 5) is 0. The predicted octanol–water partition coefficient (Wildman–Crippen LogP) is 1.46. The van der Waals surface area contributed by atoms with E-state index in [0.717, 1.165) is 18.2 Å². The van der Waals surface area contributed by atoms with Crippen molar-refractivity contribution in [2.45, 2.75) is 12.3 Å². The molecule has 0 fully saturated rings. The second-order valence-electron chi connectivity index (χ2n) is 1.97. The van der Waals surface area contributed by atoms with Gasteiger partial charge in [-0.2, -0.15) is 0 Å². The van der Waals surface area contributed by atoms with Gasteiger partial charge in [0, 0.05) is 0 Å². The molecule has 1 aliphatic carbocycles. The molecule has 0 radical (unpaired) electrons. The number of rotatable bonds is 0. The van der Waals surface area contributed by atoms with E-state index in [9.17, 15) is 8.78 Å². The first kappa shape index (κ1) is 6.42. The van der Waals surface area contributed by atoms with E-state index in [1.807, 2.05) is 0 Å². The number of aliphatic hydroxyl groups is 1. The molecule has 0 aromatic heterocycles. The van der Waals surface area contributed by atoms with Crippen molar-refractivity contribution in [3.05, 3.63) is 24.1 Å². The Hall–Kier alpha value is -0.700. The van der Waals surface area contributed by atoms with E-state index in [0.29, 0.717) is 0 Å². The fourth-order valence-corrected chi connectivity index (χ4v) is 0.655. The highest BCUT2D eigenvalue weighted by atomic mass is 19.2. The van der Waals surface area contributed by atoms with Crippen molar-refractivity contribution >= 4 is 0 Å². The first-order chi connectivity index (χ1) is 4.10. The molecule has 0 aromatic rings. The third-order valence-electron chi connectivity index (χ3n) is 1.05. The Kier molecular flexibility index (Phi) is 1.37. The zero-order chi connectivity index (χ0) is 6.91. The molecule has 3 heteroatoms. The summed E-state index contributed by atoms with van der Waals surface area (Å²) < 4.78 is 24.4. The fraction of sp³-hybridized carbons (Fsp3) is 0.333. The molecule has 1 aliphatic rings. The molecule has 1 atom stereocenters. The van der Waals surface area contributed by atoms with Gasteiger partial charge < -0.3 is 5.11 Å². The van der Waals surface area contributed by atoms with Crippen LogP contribution in [0.5, 0.6) is 0 Å². The number of hydrogen-bond acceptors (Lipinski definition) is 1. The van der Waals surface area contributed by atoms with E-state index in [1.165, 1.54) is 0 Å². The minimum atomic E-state index is -2.47. The molecule has 0 aromatic carbocycles. The molecule has 0 spiro atoms. The minimum Gasteiger partial charge on any atom is -0.358 e. The van der Waals surface area contributed by atoms with Crippen LogP contribution in [-0.2, 0) is 0 Å². The molecule has 1 unspecified atom stereocenters. The van der Waals surface area contributed by atoms with Gasteiger partial charge in [0.1, 0.15) is 5.83 Å². The molecule has 1 N–H and O–H groups in total. The van der Waals surface area contributed by atoms with Gasteiger partial charge in [-0.15, -0.1) is 0 Å². The van der Waals surface area contributed by atoms with Crippen LogP contribution in [0.4, 0.5) is 8.78 Å². The molecule has 1 rings (SSSR count). The molecule has 0 aliphatic heterocycles. The Bertz CT molecular complexity index is 170. The van der Waals surface area contributed by atoms with Gasteiger partial charge >= 0.3 is 0 Å². The van der Waals surface area contributed by atoms with Crippen LogP contribution in [0.15, 0.2) is 24.1 Å². The molecule has 0 amide bonds. The van der Waals surface area contributed by atoms with Crippen molar-refractivity contribution in [2.75, 3.05) is 0 Å². The number of alkyl halides is 1. The quantitative estimate of drug-likeness (QED) is 0.529. The fourth-order valence-electron chi connectivity index (χ4n) is 0.655. The van der Waals surface area contributed by atoms with Crippen LogP contribution >= 0.6 is 0 Å². The monoisotopic (exact) mass is 132 g/mol. The Morgan fingerprint density at radius 2 is 2.33 bits per heavy atom. The summed E-state index contributed by atoms with van der Waals surface area (Å²) >= 11 is 0. The van der Waals surface area contributed by atoms with Crippen molar-refractivity contribution in [3.63, 3.8) is 0 Å². The van der Waals surface area contributed by atoms with Crippen molar-refractivity contribution in [3.8, 4) is 0 Å². The standard InChI is InChI=1S/C6H6F2O/c7-5-2-1-3-6(8,9)4-5/h1-3,9H,4H2. The summed E-state index contributed by atoms with van der Waals surface area (Å²) in [6.45, 7) is 0. The molecular formula is C6H6F2O. The zero-order valence-electron chi connectivity index (χ0n) is 4.64. The van der Waals surface area contributed by atoms with Crippen LogP contribution < -0.4 is 0 Å². The van der Waals surface area contributed by atoms with Crippen LogP contribution in [-0.4, -0.2) is 11.0 Å². The van der Waals surface area contributed by atoms with Crippen LogP contribution in [0.25, 0.3) is 0 Å². The maximum atomic E-state index is 12.3. The van der Waals surface area contributed by atoms with Crippen molar-refractivity contribution in [1.29, 1.82) is 0 Å². The van der Waals surface area contributed by atoms with E-state index in [1.54, 1.807) is 0 Å². The Labute approximate surface area is 51.3 Å². The second kappa shape index (κ2) is 1.92. The summed E-state index contributed by atoms with van der Waals surface area (Å²) in [5, 5.41) is 8.51. The smallest absolute Gasteiger partial charge is 0.232 e. The SMILES string of the molecule is OC1(F)C=CC=C(F)C1. The summed E-state index contributed by atoms with van der Waals surface area (Å²) in [6, 6.07) is 0. The molecule has 0 heterocycles. The van der Waals surface area contributed by atoms with Crippen molar-refractivity contribution in [1.82, 2.24) is 0 Å². The van der Waals surface area contributed by atoms with Gasteiger partial charge in [0.15, 0.2) is 0 Å². The van der Waals surface area contributed by atoms with Gasteiger partial charge in [0.25, 0.3) is 0 Å². The topological polar surface area (TPSA) is 20.2 Å². The third kappa shape index (κ3) is 1.61. The largest absolute Gasteiger partial charge is 0.358 e. The summed E-state index contributed by atoms with van der Waals surface area (Å²) in [5.41, 5.74) is 0. The van der Waals surface area contributed by atoms with Gasteiger partial charge in [0.05, 0.1) is 6.42 Å². The van der Waals surface area contributed by atoms with E-state index in [-0.39, 0.29) is 0 Å². The van der Waals surface area contributed by atoms with Crippen LogP contribution in [0, 0.1) is 0 Å². The normalized spacial score (nSPS) is 34.3. The lowest BCUT2D eigenvalue weighted by molar-refractivity contribution is -0.0449. The van der Waals surface area contributed by atoms with E-state index in [4.69, 9.17) is 5.11 Å². The molecule has 1 nitrogen and oxygen atoms in total. The summed E-state index contributed by atoms with van der Waals surface area (Å²) in [5.74, 6) is -3.11. The first-order valence-corrected chi connectivity index (χ1v) is 2.55. The molecule has 0 saturated heterocycles. The lowest BCUT2D eigenvalue weighted by Gasteiger charge is -2.14. The van der Waals surface area contributed by atoms with Crippen LogP contribution in [0.3, 0.4) is 0 Å². The Balaban J connectivity index is 2.73. The third-order valence-corrected chi connectivity index (χ3v) is 1.05. The average molecular weight is 132 g/mol. The maximum absolute atomic E-state index is 12.3. The van der Waals surface area contributed by atoms with Crippen LogP contribution in [0.2, 0.25) is 0 Å². The van der Waals surface area contributed by atoms with Gasteiger partial charge in [-0.25, -0.2) is 8.78 Å². The number of halogens is 2. The first-order valence-electron chi connectivity index (χ1n) is 2.55. The Morgan fingerprint density at radius 3 is 2.67 bits per heavy atom. The molecule has 0 bridgehead atoms. The number of allylic oxidation sites excluding steroid dienone is 2. The van der Waals surface area contributed by atoms with E-state index < -0.39 is 18.1 Å². The molecule has 9 heavy (non-hydrogen) atoms. The lowest BCUT2D eigenvalue weighted by atomic mass is 10.1. The zero-order valence-corrected chi connectivity index (χ0v) is 4.64. The van der Waals surface area contributed by atoms with Gasteiger partial charge in [-0.05, 0) is 12.2 Å². The minimum absolute atomic E-state index is 0.566. The average Bonchev–Trinajstić information content (AvgIpc) is 1.60. The van der Waals surface area contributed by atoms with Crippen molar-refractivity contribution < 1.29 is 13.9 Å². The lowest BCUT2D eigenvalue weighted by Crippen LogP contribution is -2.20. The van der Waals surface area contributed by atoms with E-state index in [2.05, 4.69) is 0 Å². The number of hydrogen-bond donors (Lipinski definition) is 1. The molecular weight excluding hydrogens is 126 g/mol. The summed E-state index contributed by atoms with van der Waals surface area (Å²) in [7, 11) is 0. The molecule has 50 valence electrons. The highest BCUT2D eigenvalue weighted by molar-refractivity contribution is 5.18. The van der Waals surface area contributed by atoms with Gasteiger partial charge in [-0.1, -0.05) is 6.08 Å². The Morgan fingerprint density at radius 1 is 1.67 bits per heavy atom. The maximum Gasteiger partial charge on any atom is 0.232 e. The predicted molar refractivity (Wildman–Crippen MR) is 29.0 cm³/mol. The highest BCUT2D eigenvalue weighted by Crippen LogP contribution is 2.24. The highest BCUT2D eigenvalue weighted by Gasteiger charge is 2.25. The van der Waals surface area contributed by atoms with Gasteiger partial charge in [-0.3, -0.25) is 0 Å². The van der Waals surface area contributed by atoms with Crippen molar-refractivity contribution in [2.24, 2.45) is 0 Å².